The largest absolute Gasteiger partial charge is 0.381 e. The van der Waals surface area contributed by atoms with Gasteiger partial charge in [0.1, 0.15) is 0 Å². The Hall–Kier alpha value is -1.10. The van der Waals surface area contributed by atoms with E-state index in [0.29, 0.717) is 32.6 Å². The molecule has 0 aromatic carbocycles. The standard InChI is InChI=1S/C21H42N2O3/c1-6-10-11-12-17-23(21(5,8-3)15-7-2)20(25)13-16-22-19(24)14-18-26-9-4/h6-18H2,1-5H3,(H,22,24). The monoisotopic (exact) mass is 370 g/mol. The summed E-state index contributed by atoms with van der Waals surface area (Å²) >= 11 is 0. The number of rotatable bonds is 16. The van der Waals surface area contributed by atoms with Gasteiger partial charge >= 0.3 is 0 Å². The molecule has 5 heteroatoms. The molecule has 0 aliphatic heterocycles. The summed E-state index contributed by atoms with van der Waals surface area (Å²) in [4.78, 5) is 26.7. The van der Waals surface area contributed by atoms with Gasteiger partial charge in [0.15, 0.2) is 0 Å². The number of ether oxygens (including phenoxy) is 1. The summed E-state index contributed by atoms with van der Waals surface area (Å²) in [5.41, 5.74) is -0.0863. The van der Waals surface area contributed by atoms with Gasteiger partial charge in [-0.3, -0.25) is 9.59 Å². The molecule has 0 fully saturated rings. The molecular weight excluding hydrogens is 328 g/mol. The molecule has 0 spiro atoms. The first-order valence-corrected chi connectivity index (χ1v) is 10.6. The first-order chi connectivity index (χ1) is 12.4. The highest BCUT2D eigenvalue weighted by molar-refractivity contribution is 5.79. The van der Waals surface area contributed by atoms with Crippen LogP contribution in [0.4, 0.5) is 0 Å². The van der Waals surface area contributed by atoms with Gasteiger partial charge in [0, 0.05) is 38.1 Å². The van der Waals surface area contributed by atoms with Gasteiger partial charge in [0.05, 0.1) is 6.61 Å². The molecule has 0 aromatic heterocycles. The molecule has 0 aliphatic rings. The highest BCUT2D eigenvalue weighted by atomic mass is 16.5. The van der Waals surface area contributed by atoms with E-state index in [1.54, 1.807) is 0 Å². The van der Waals surface area contributed by atoms with E-state index in [1.165, 1.54) is 19.3 Å². The van der Waals surface area contributed by atoms with Crippen LogP contribution >= 0.6 is 0 Å². The average molecular weight is 371 g/mol. The van der Waals surface area contributed by atoms with E-state index in [2.05, 4.69) is 37.9 Å². The maximum Gasteiger partial charge on any atom is 0.224 e. The Balaban J connectivity index is 4.60. The summed E-state index contributed by atoms with van der Waals surface area (Å²) in [6.45, 7) is 12.9. The quantitative estimate of drug-likeness (QED) is 0.412. The van der Waals surface area contributed by atoms with Crippen molar-refractivity contribution in [3.63, 3.8) is 0 Å². The number of carbonyl (C=O) groups is 2. The van der Waals surface area contributed by atoms with Crippen molar-refractivity contribution in [3.05, 3.63) is 0 Å². The van der Waals surface area contributed by atoms with Crippen molar-refractivity contribution >= 4 is 11.8 Å². The van der Waals surface area contributed by atoms with Crippen molar-refractivity contribution in [1.29, 1.82) is 0 Å². The van der Waals surface area contributed by atoms with Gasteiger partial charge in [-0.15, -0.1) is 0 Å². The van der Waals surface area contributed by atoms with Crippen LogP contribution in [0.2, 0.25) is 0 Å². The van der Waals surface area contributed by atoms with Crippen molar-refractivity contribution in [2.75, 3.05) is 26.3 Å². The van der Waals surface area contributed by atoms with E-state index < -0.39 is 0 Å². The molecule has 1 N–H and O–H groups in total. The van der Waals surface area contributed by atoms with E-state index in [0.717, 1.165) is 32.2 Å². The molecule has 26 heavy (non-hydrogen) atoms. The Bertz CT molecular complexity index is 387. The Morgan fingerprint density at radius 1 is 1.00 bits per heavy atom. The van der Waals surface area contributed by atoms with Gasteiger partial charge in [-0.2, -0.15) is 0 Å². The number of hydrogen-bond donors (Lipinski definition) is 1. The van der Waals surface area contributed by atoms with E-state index in [1.807, 2.05) is 6.92 Å². The zero-order valence-corrected chi connectivity index (χ0v) is 17.9. The van der Waals surface area contributed by atoms with Crippen molar-refractivity contribution in [3.8, 4) is 0 Å². The van der Waals surface area contributed by atoms with Crippen molar-refractivity contribution in [2.24, 2.45) is 0 Å². The normalized spacial score (nSPS) is 13.3. The lowest BCUT2D eigenvalue weighted by molar-refractivity contribution is -0.137. The molecule has 0 saturated carbocycles. The second kappa shape index (κ2) is 15.0. The Labute approximate surface area is 161 Å². The summed E-state index contributed by atoms with van der Waals surface area (Å²) in [7, 11) is 0. The van der Waals surface area contributed by atoms with E-state index in [4.69, 9.17) is 4.74 Å². The molecule has 1 atom stereocenters. The smallest absolute Gasteiger partial charge is 0.224 e. The second-order valence-electron chi connectivity index (χ2n) is 7.25. The van der Waals surface area contributed by atoms with Crippen LogP contribution in [-0.4, -0.2) is 48.6 Å². The minimum absolute atomic E-state index is 0.0486. The minimum Gasteiger partial charge on any atom is -0.381 e. The van der Waals surface area contributed by atoms with Crippen LogP contribution in [0.15, 0.2) is 0 Å². The molecule has 154 valence electrons. The third kappa shape index (κ3) is 10.1. The predicted molar refractivity (Wildman–Crippen MR) is 108 cm³/mol. The SMILES string of the molecule is CCCCCCN(C(=O)CCNC(=O)CCOCC)C(C)(CC)CCC. The van der Waals surface area contributed by atoms with E-state index in [9.17, 15) is 9.59 Å². The molecule has 0 saturated heterocycles. The Morgan fingerprint density at radius 2 is 1.73 bits per heavy atom. The van der Waals surface area contributed by atoms with Gasteiger partial charge in [-0.1, -0.05) is 46.5 Å². The van der Waals surface area contributed by atoms with Crippen LogP contribution in [0.1, 0.15) is 92.4 Å². The summed E-state index contributed by atoms with van der Waals surface area (Å²) in [5.74, 6) is 0.108. The lowest BCUT2D eigenvalue weighted by atomic mass is 9.90. The first-order valence-electron chi connectivity index (χ1n) is 10.6. The predicted octanol–water partition coefficient (Wildman–Crippen LogP) is 4.30. The van der Waals surface area contributed by atoms with Crippen LogP contribution in [0, 0.1) is 0 Å². The van der Waals surface area contributed by atoms with Crippen LogP contribution in [0.3, 0.4) is 0 Å². The first kappa shape index (κ1) is 24.9. The number of carbonyl (C=O) groups excluding carboxylic acids is 2. The molecule has 0 radical (unpaired) electrons. The molecule has 0 rings (SSSR count). The molecule has 0 heterocycles. The Kier molecular flexibility index (Phi) is 14.4. The fourth-order valence-corrected chi connectivity index (χ4v) is 3.27. The molecule has 2 amide bonds. The van der Waals surface area contributed by atoms with E-state index in [-0.39, 0.29) is 17.4 Å². The van der Waals surface area contributed by atoms with Gasteiger partial charge in [0.2, 0.25) is 11.8 Å². The van der Waals surface area contributed by atoms with Crippen LogP contribution in [0.5, 0.6) is 0 Å². The van der Waals surface area contributed by atoms with E-state index >= 15 is 0 Å². The van der Waals surface area contributed by atoms with Gasteiger partial charge in [0.25, 0.3) is 0 Å². The minimum atomic E-state index is -0.0863. The molecule has 1 unspecified atom stereocenters. The third-order valence-corrected chi connectivity index (χ3v) is 5.08. The number of unbranched alkanes of at least 4 members (excludes halogenated alkanes) is 3. The van der Waals surface area contributed by atoms with Gasteiger partial charge in [-0.05, 0) is 33.1 Å². The molecule has 0 aliphatic carbocycles. The molecule has 0 aromatic rings. The maximum atomic E-state index is 12.9. The van der Waals surface area contributed by atoms with Crippen LogP contribution in [-0.2, 0) is 14.3 Å². The number of nitrogens with zero attached hydrogens (tertiary/aromatic N) is 1. The molecule has 5 nitrogen and oxygen atoms in total. The molecular formula is C21H42N2O3. The Morgan fingerprint density at radius 3 is 2.31 bits per heavy atom. The van der Waals surface area contributed by atoms with Crippen molar-refractivity contribution in [2.45, 2.75) is 97.9 Å². The third-order valence-electron chi connectivity index (χ3n) is 5.08. The van der Waals surface area contributed by atoms with Gasteiger partial charge in [-0.25, -0.2) is 0 Å². The fraction of sp³-hybridized carbons (Fsp3) is 0.905. The lowest BCUT2D eigenvalue weighted by Crippen LogP contribution is -2.50. The van der Waals surface area contributed by atoms with Crippen molar-refractivity contribution in [1.82, 2.24) is 10.2 Å². The van der Waals surface area contributed by atoms with Crippen LogP contribution in [0.25, 0.3) is 0 Å². The second-order valence-corrected chi connectivity index (χ2v) is 7.25. The summed E-state index contributed by atoms with van der Waals surface area (Å²) in [5, 5.41) is 2.84. The number of hydrogen-bond acceptors (Lipinski definition) is 3. The molecule has 0 bridgehead atoms. The zero-order chi connectivity index (χ0) is 19.8. The summed E-state index contributed by atoms with van der Waals surface area (Å²) in [6.07, 6.45) is 8.40. The zero-order valence-electron chi connectivity index (χ0n) is 17.9. The number of nitrogens with one attached hydrogen (secondary N) is 1. The summed E-state index contributed by atoms with van der Waals surface area (Å²) in [6, 6.07) is 0. The highest BCUT2D eigenvalue weighted by Gasteiger charge is 2.32. The summed E-state index contributed by atoms with van der Waals surface area (Å²) < 4.78 is 5.18. The highest BCUT2D eigenvalue weighted by Crippen LogP contribution is 2.26. The fourth-order valence-electron chi connectivity index (χ4n) is 3.27. The van der Waals surface area contributed by atoms with Gasteiger partial charge < -0.3 is 15.0 Å². The topological polar surface area (TPSA) is 58.6 Å². The average Bonchev–Trinajstić information content (AvgIpc) is 2.62. The lowest BCUT2D eigenvalue weighted by Gasteiger charge is -2.41. The number of amides is 2. The van der Waals surface area contributed by atoms with Crippen LogP contribution < -0.4 is 5.32 Å². The maximum absolute atomic E-state index is 12.9. The van der Waals surface area contributed by atoms with Crippen molar-refractivity contribution < 1.29 is 14.3 Å².